The molecule has 0 bridgehead atoms. The first-order valence-corrected chi connectivity index (χ1v) is 5.53. The predicted octanol–water partition coefficient (Wildman–Crippen LogP) is 0.836. The molecule has 86 valence electrons. The van der Waals surface area contributed by atoms with Gasteiger partial charge < -0.3 is 4.74 Å². The van der Waals surface area contributed by atoms with Crippen LogP contribution in [0.5, 0.6) is 0 Å². The van der Waals surface area contributed by atoms with Crippen LogP contribution in [0.3, 0.4) is 0 Å². The summed E-state index contributed by atoms with van der Waals surface area (Å²) >= 11 is 0. The first-order chi connectivity index (χ1) is 7.25. The lowest BCUT2D eigenvalue weighted by Gasteiger charge is -2.25. The molecule has 1 amide bonds. The van der Waals surface area contributed by atoms with Crippen molar-refractivity contribution in [2.45, 2.75) is 31.9 Å². The van der Waals surface area contributed by atoms with Gasteiger partial charge in [-0.15, -0.1) is 0 Å². The standard InChI is InChI=1S/C10H17FN2O2/c11-9-3-1-8(2-4-9)10(14)12-13-5-6-15-7-13/h8-9H,1-7H2,(H,12,14). The van der Waals surface area contributed by atoms with Gasteiger partial charge in [0.25, 0.3) is 0 Å². The van der Waals surface area contributed by atoms with Crippen LogP contribution in [0.25, 0.3) is 0 Å². The van der Waals surface area contributed by atoms with Gasteiger partial charge in [0, 0.05) is 12.5 Å². The fourth-order valence-electron chi connectivity index (χ4n) is 2.06. The molecule has 1 aliphatic heterocycles. The lowest BCUT2D eigenvalue weighted by atomic mass is 9.88. The number of halogens is 1. The predicted molar refractivity (Wildman–Crippen MR) is 52.5 cm³/mol. The number of rotatable bonds is 2. The molecule has 1 saturated heterocycles. The molecule has 1 N–H and O–H groups in total. The number of hydrogen-bond acceptors (Lipinski definition) is 3. The summed E-state index contributed by atoms with van der Waals surface area (Å²) in [5, 5.41) is 1.77. The van der Waals surface area contributed by atoms with E-state index in [1.54, 1.807) is 5.01 Å². The van der Waals surface area contributed by atoms with E-state index in [1.165, 1.54) is 0 Å². The summed E-state index contributed by atoms with van der Waals surface area (Å²) in [5.41, 5.74) is 2.81. The largest absolute Gasteiger partial charge is 0.363 e. The van der Waals surface area contributed by atoms with Crippen LogP contribution in [0.4, 0.5) is 4.39 Å². The van der Waals surface area contributed by atoms with Crippen molar-refractivity contribution in [1.29, 1.82) is 0 Å². The highest BCUT2D eigenvalue weighted by Gasteiger charge is 2.27. The molecule has 2 rings (SSSR count). The molecule has 2 aliphatic rings. The van der Waals surface area contributed by atoms with Gasteiger partial charge in [0.15, 0.2) is 0 Å². The van der Waals surface area contributed by atoms with Crippen molar-refractivity contribution in [3.63, 3.8) is 0 Å². The van der Waals surface area contributed by atoms with Crippen LogP contribution < -0.4 is 5.43 Å². The topological polar surface area (TPSA) is 41.6 Å². The maximum Gasteiger partial charge on any atom is 0.237 e. The Bertz CT molecular complexity index is 223. The first-order valence-electron chi connectivity index (χ1n) is 5.53. The molecule has 0 aromatic carbocycles. The third kappa shape index (κ3) is 2.89. The highest BCUT2D eigenvalue weighted by atomic mass is 19.1. The minimum atomic E-state index is -0.704. The molecule has 15 heavy (non-hydrogen) atoms. The molecular formula is C10H17FN2O2. The van der Waals surface area contributed by atoms with E-state index in [2.05, 4.69) is 5.43 Å². The minimum absolute atomic E-state index is 0.0161. The average molecular weight is 216 g/mol. The molecule has 1 heterocycles. The summed E-state index contributed by atoms with van der Waals surface area (Å²) in [6.07, 6.45) is 1.68. The van der Waals surface area contributed by atoms with E-state index < -0.39 is 6.17 Å². The summed E-state index contributed by atoms with van der Waals surface area (Å²) in [6.45, 7) is 1.87. The number of alkyl halides is 1. The van der Waals surface area contributed by atoms with Crippen molar-refractivity contribution >= 4 is 5.91 Å². The number of carbonyl (C=O) groups is 1. The molecule has 0 atom stereocenters. The quantitative estimate of drug-likeness (QED) is 0.743. The maximum atomic E-state index is 12.9. The van der Waals surface area contributed by atoms with E-state index in [1.807, 2.05) is 0 Å². The number of hydrogen-bond donors (Lipinski definition) is 1. The van der Waals surface area contributed by atoms with E-state index in [-0.39, 0.29) is 11.8 Å². The van der Waals surface area contributed by atoms with E-state index >= 15 is 0 Å². The fourth-order valence-corrected chi connectivity index (χ4v) is 2.06. The zero-order valence-corrected chi connectivity index (χ0v) is 8.75. The van der Waals surface area contributed by atoms with E-state index in [0.717, 1.165) is 6.54 Å². The van der Waals surface area contributed by atoms with Crippen LogP contribution in [-0.4, -0.2) is 37.0 Å². The van der Waals surface area contributed by atoms with Crippen molar-refractivity contribution in [2.24, 2.45) is 5.92 Å². The van der Waals surface area contributed by atoms with E-state index in [9.17, 15) is 9.18 Å². The van der Waals surface area contributed by atoms with Crippen molar-refractivity contribution in [3.05, 3.63) is 0 Å². The molecule has 0 aromatic heterocycles. The summed E-state index contributed by atoms with van der Waals surface area (Å²) in [7, 11) is 0. The Morgan fingerprint density at radius 2 is 2.07 bits per heavy atom. The van der Waals surface area contributed by atoms with Crippen LogP contribution >= 0.6 is 0 Å². The van der Waals surface area contributed by atoms with Crippen molar-refractivity contribution in [3.8, 4) is 0 Å². The third-order valence-corrected chi connectivity index (χ3v) is 3.05. The smallest absolute Gasteiger partial charge is 0.237 e. The molecular weight excluding hydrogens is 199 g/mol. The third-order valence-electron chi connectivity index (χ3n) is 3.05. The molecule has 0 radical (unpaired) electrons. The molecule has 4 nitrogen and oxygen atoms in total. The maximum absolute atomic E-state index is 12.9. The Kier molecular flexibility index (Phi) is 3.53. The van der Waals surface area contributed by atoms with Gasteiger partial charge in [0.05, 0.1) is 6.61 Å². The summed E-state index contributed by atoms with van der Waals surface area (Å²) < 4.78 is 18.0. The first kappa shape index (κ1) is 10.8. The molecule has 1 aliphatic carbocycles. The molecule has 5 heteroatoms. The second kappa shape index (κ2) is 4.90. The lowest BCUT2D eigenvalue weighted by Crippen LogP contribution is -2.44. The summed E-state index contributed by atoms with van der Waals surface area (Å²) in [4.78, 5) is 11.7. The monoisotopic (exact) mass is 216 g/mol. The Balaban J connectivity index is 1.75. The van der Waals surface area contributed by atoms with Crippen LogP contribution in [0.2, 0.25) is 0 Å². The van der Waals surface area contributed by atoms with Gasteiger partial charge in [-0.1, -0.05) is 0 Å². The SMILES string of the molecule is O=C(NN1CCOC1)C1CCC(F)CC1. The molecule has 1 saturated carbocycles. The number of ether oxygens (including phenoxy) is 1. The van der Waals surface area contributed by atoms with Gasteiger partial charge in [0.1, 0.15) is 12.9 Å². The van der Waals surface area contributed by atoms with Gasteiger partial charge in [-0.25, -0.2) is 4.39 Å². The second-order valence-electron chi connectivity index (χ2n) is 4.23. The zero-order valence-electron chi connectivity index (χ0n) is 8.75. The summed E-state index contributed by atoms with van der Waals surface area (Å²) in [6, 6.07) is 0. The average Bonchev–Trinajstić information content (AvgIpc) is 2.71. The highest BCUT2D eigenvalue weighted by Crippen LogP contribution is 2.26. The number of carbonyl (C=O) groups excluding carboxylic acids is 1. The van der Waals surface area contributed by atoms with Gasteiger partial charge >= 0.3 is 0 Å². The van der Waals surface area contributed by atoms with Crippen LogP contribution in [0.1, 0.15) is 25.7 Å². The van der Waals surface area contributed by atoms with Gasteiger partial charge in [-0.05, 0) is 25.7 Å². The van der Waals surface area contributed by atoms with Gasteiger partial charge in [0.2, 0.25) is 5.91 Å². The molecule has 0 unspecified atom stereocenters. The molecule has 0 aromatic rings. The fraction of sp³-hybridized carbons (Fsp3) is 0.900. The molecule has 0 spiro atoms. The second-order valence-corrected chi connectivity index (χ2v) is 4.23. The van der Waals surface area contributed by atoms with E-state index in [4.69, 9.17) is 4.74 Å². The number of nitrogens with one attached hydrogen (secondary N) is 1. The van der Waals surface area contributed by atoms with Crippen LogP contribution in [0, 0.1) is 5.92 Å². The zero-order chi connectivity index (χ0) is 10.7. The Labute approximate surface area is 88.7 Å². The Morgan fingerprint density at radius 3 is 2.67 bits per heavy atom. The van der Waals surface area contributed by atoms with Gasteiger partial charge in [-0.3, -0.25) is 10.2 Å². The Morgan fingerprint density at radius 1 is 1.33 bits per heavy atom. The van der Waals surface area contributed by atoms with E-state index in [0.29, 0.717) is 39.0 Å². The summed E-state index contributed by atoms with van der Waals surface area (Å²) in [5.74, 6) is 0.00463. The molecule has 2 fully saturated rings. The Hall–Kier alpha value is -0.680. The number of amides is 1. The highest BCUT2D eigenvalue weighted by molar-refractivity contribution is 5.78. The number of nitrogens with zero attached hydrogens (tertiary/aromatic N) is 1. The minimum Gasteiger partial charge on any atom is -0.363 e. The van der Waals surface area contributed by atoms with Crippen LogP contribution in [-0.2, 0) is 9.53 Å². The van der Waals surface area contributed by atoms with Crippen LogP contribution in [0.15, 0.2) is 0 Å². The van der Waals surface area contributed by atoms with Gasteiger partial charge in [-0.2, -0.15) is 5.01 Å². The van der Waals surface area contributed by atoms with Crippen molar-refractivity contribution < 1.29 is 13.9 Å². The normalized spacial score (nSPS) is 32.9. The van der Waals surface area contributed by atoms with Crippen molar-refractivity contribution in [1.82, 2.24) is 10.4 Å². The van der Waals surface area contributed by atoms with Crippen molar-refractivity contribution in [2.75, 3.05) is 19.9 Å². The lowest BCUT2D eigenvalue weighted by molar-refractivity contribution is -0.131. The number of hydrazine groups is 1.